The molecule has 2 aliphatic rings. The van der Waals surface area contributed by atoms with Gasteiger partial charge in [0.1, 0.15) is 0 Å². The second kappa shape index (κ2) is 7.99. The van der Waals surface area contributed by atoms with Crippen molar-refractivity contribution in [2.45, 2.75) is 39.0 Å². The number of guanidine groups is 1. The molecule has 1 aliphatic heterocycles. The summed E-state index contributed by atoms with van der Waals surface area (Å²) in [4.78, 5) is 6.60. The molecule has 0 aromatic rings. The van der Waals surface area contributed by atoms with E-state index < -0.39 is 9.84 Å². The fraction of sp³-hybridized carbons (Fsp3) is 0.929. The van der Waals surface area contributed by atoms with E-state index in [2.05, 4.69) is 15.2 Å². The third-order valence-electron chi connectivity index (χ3n) is 4.75. The van der Waals surface area contributed by atoms with E-state index in [4.69, 9.17) is 0 Å². The number of likely N-dealkylation sites (tertiary alicyclic amines) is 1. The van der Waals surface area contributed by atoms with Gasteiger partial charge in [0.15, 0.2) is 15.8 Å². The minimum atomic E-state index is -2.91. The van der Waals surface area contributed by atoms with Crippen LogP contribution in [0.1, 0.15) is 39.0 Å². The van der Waals surface area contributed by atoms with Crippen LogP contribution in [-0.2, 0) is 9.84 Å². The average molecular weight is 429 g/mol. The molecular formula is C14H28IN3O2S. The van der Waals surface area contributed by atoms with E-state index in [1.807, 2.05) is 0 Å². The molecule has 1 saturated heterocycles. The van der Waals surface area contributed by atoms with Crippen molar-refractivity contribution in [2.24, 2.45) is 10.4 Å². The first-order valence-corrected chi connectivity index (χ1v) is 9.48. The zero-order valence-corrected chi connectivity index (χ0v) is 16.2. The Kier molecular flexibility index (Phi) is 7.23. The van der Waals surface area contributed by atoms with Crippen LogP contribution < -0.4 is 5.32 Å². The Morgan fingerprint density at radius 3 is 2.52 bits per heavy atom. The lowest BCUT2D eigenvalue weighted by molar-refractivity contribution is 0.309. The van der Waals surface area contributed by atoms with E-state index >= 15 is 0 Å². The van der Waals surface area contributed by atoms with Crippen LogP contribution in [0.4, 0.5) is 0 Å². The number of aliphatic imine (C=N–C) groups is 1. The van der Waals surface area contributed by atoms with Crippen molar-refractivity contribution < 1.29 is 8.42 Å². The van der Waals surface area contributed by atoms with Gasteiger partial charge >= 0.3 is 0 Å². The molecule has 0 aromatic heterocycles. The van der Waals surface area contributed by atoms with Crippen molar-refractivity contribution in [3.63, 3.8) is 0 Å². The van der Waals surface area contributed by atoms with E-state index in [-0.39, 0.29) is 35.5 Å². The van der Waals surface area contributed by atoms with Gasteiger partial charge in [-0.15, -0.1) is 24.0 Å². The summed E-state index contributed by atoms with van der Waals surface area (Å²) in [5.41, 5.74) is 0.507. The molecule has 1 N–H and O–H groups in total. The van der Waals surface area contributed by atoms with Gasteiger partial charge in [0.2, 0.25) is 0 Å². The monoisotopic (exact) mass is 429 g/mol. The van der Waals surface area contributed by atoms with Crippen molar-refractivity contribution in [1.29, 1.82) is 0 Å². The lowest BCUT2D eigenvalue weighted by Crippen LogP contribution is -2.42. The Morgan fingerprint density at radius 1 is 1.29 bits per heavy atom. The van der Waals surface area contributed by atoms with Crippen LogP contribution in [0.2, 0.25) is 0 Å². The largest absolute Gasteiger partial charge is 0.355 e. The van der Waals surface area contributed by atoms with Crippen molar-refractivity contribution in [3.05, 3.63) is 0 Å². The second-order valence-electron chi connectivity index (χ2n) is 6.09. The predicted molar refractivity (Wildman–Crippen MR) is 98.2 cm³/mol. The van der Waals surface area contributed by atoms with Gasteiger partial charge in [-0.3, -0.25) is 4.99 Å². The molecule has 1 saturated carbocycles. The van der Waals surface area contributed by atoms with E-state index in [1.54, 1.807) is 14.0 Å². The van der Waals surface area contributed by atoms with Crippen LogP contribution in [0, 0.1) is 5.41 Å². The topological polar surface area (TPSA) is 61.8 Å². The third kappa shape index (κ3) is 4.97. The van der Waals surface area contributed by atoms with Gasteiger partial charge in [0, 0.05) is 32.4 Å². The maximum atomic E-state index is 11.5. The summed E-state index contributed by atoms with van der Waals surface area (Å²) in [6.45, 7) is 4.26. The molecule has 21 heavy (non-hydrogen) atoms. The van der Waals surface area contributed by atoms with Crippen LogP contribution in [0.3, 0.4) is 0 Å². The van der Waals surface area contributed by atoms with Gasteiger partial charge in [-0.2, -0.15) is 0 Å². The quantitative estimate of drug-likeness (QED) is 0.421. The maximum Gasteiger partial charge on any atom is 0.193 e. The first kappa shape index (κ1) is 19.0. The first-order valence-electron chi connectivity index (χ1n) is 7.66. The lowest BCUT2D eigenvalue weighted by atomic mass is 9.86. The van der Waals surface area contributed by atoms with Crippen molar-refractivity contribution in [3.8, 4) is 0 Å². The Morgan fingerprint density at radius 2 is 1.95 bits per heavy atom. The summed E-state index contributed by atoms with van der Waals surface area (Å²) in [6.07, 6.45) is 6.64. The molecule has 1 aliphatic carbocycles. The molecule has 0 atom stereocenters. The number of nitrogens with one attached hydrogen (secondary N) is 1. The number of nitrogens with zero attached hydrogens (tertiary/aromatic N) is 2. The van der Waals surface area contributed by atoms with E-state index in [1.165, 1.54) is 32.1 Å². The van der Waals surface area contributed by atoms with Crippen LogP contribution in [0.15, 0.2) is 4.99 Å². The Balaban J connectivity index is 0.00000220. The Bertz CT molecular complexity index is 459. The molecule has 1 spiro atoms. The van der Waals surface area contributed by atoms with E-state index in [9.17, 15) is 8.42 Å². The zero-order chi connectivity index (χ0) is 14.6. The molecule has 5 nitrogen and oxygen atoms in total. The highest BCUT2D eigenvalue weighted by Crippen LogP contribution is 2.45. The molecule has 0 bridgehead atoms. The Labute approximate surface area is 145 Å². The zero-order valence-electron chi connectivity index (χ0n) is 13.1. The maximum absolute atomic E-state index is 11.5. The van der Waals surface area contributed by atoms with Crippen LogP contribution in [0.25, 0.3) is 0 Å². The first-order chi connectivity index (χ1) is 9.50. The molecular weight excluding hydrogens is 401 g/mol. The molecule has 0 unspecified atom stereocenters. The van der Waals surface area contributed by atoms with Crippen LogP contribution in [0.5, 0.6) is 0 Å². The third-order valence-corrected chi connectivity index (χ3v) is 6.46. The molecule has 0 amide bonds. The molecule has 2 fully saturated rings. The van der Waals surface area contributed by atoms with Gasteiger partial charge in [-0.1, -0.05) is 19.8 Å². The predicted octanol–water partition coefficient (Wildman–Crippen LogP) is 1.88. The second-order valence-corrected chi connectivity index (χ2v) is 8.56. The lowest BCUT2D eigenvalue weighted by Gasteiger charge is -2.25. The number of rotatable bonds is 4. The van der Waals surface area contributed by atoms with Crippen LogP contribution >= 0.6 is 24.0 Å². The molecule has 0 aromatic carbocycles. The average Bonchev–Trinajstić information content (AvgIpc) is 3.06. The molecule has 1 heterocycles. The minimum absolute atomic E-state index is 0. The summed E-state index contributed by atoms with van der Waals surface area (Å²) in [5.74, 6) is 1.25. The fourth-order valence-electron chi connectivity index (χ4n) is 3.44. The van der Waals surface area contributed by atoms with Gasteiger partial charge in [0.05, 0.1) is 5.75 Å². The van der Waals surface area contributed by atoms with E-state index in [0.29, 0.717) is 12.0 Å². The SMILES string of the molecule is CCS(=O)(=O)CCNC(=NC)N1CCC2(CCCC2)C1.I. The summed E-state index contributed by atoms with van der Waals surface area (Å²) < 4.78 is 23.0. The standard InChI is InChI=1S/C14H27N3O2S.HI/c1-3-20(18,19)11-9-16-13(15-2)17-10-8-14(12-17)6-4-5-7-14;/h3-12H2,1-2H3,(H,15,16);1H. The molecule has 0 radical (unpaired) electrons. The van der Waals surface area contributed by atoms with Crippen molar-refractivity contribution >= 4 is 39.8 Å². The smallest absolute Gasteiger partial charge is 0.193 e. The molecule has 2 rings (SSSR count). The van der Waals surface area contributed by atoms with Crippen molar-refractivity contribution in [1.82, 2.24) is 10.2 Å². The summed E-state index contributed by atoms with van der Waals surface area (Å²) in [5, 5.41) is 3.20. The molecule has 7 heteroatoms. The highest BCUT2D eigenvalue weighted by molar-refractivity contribution is 14.0. The Hall–Kier alpha value is -0.0500. The molecule has 124 valence electrons. The van der Waals surface area contributed by atoms with Crippen LogP contribution in [-0.4, -0.2) is 57.5 Å². The van der Waals surface area contributed by atoms with Gasteiger partial charge < -0.3 is 10.2 Å². The summed E-state index contributed by atoms with van der Waals surface area (Å²) in [6, 6.07) is 0. The van der Waals surface area contributed by atoms with E-state index in [0.717, 1.165) is 19.0 Å². The normalized spacial score (nSPS) is 21.6. The highest BCUT2D eigenvalue weighted by Gasteiger charge is 2.41. The summed E-state index contributed by atoms with van der Waals surface area (Å²) in [7, 11) is -1.13. The number of halogens is 1. The minimum Gasteiger partial charge on any atom is -0.355 e. The van der Waals surface area contributed by atoms with Gasteiger partial charge in [-0.05, 0) is 24.7 Å². The van der Waals surface area contributed by atoms with Gasteiger partial charge in [-0.25, -0.2) is 8.42 Å². The number of hydrogen-bond acceptors (Lipinski definition) is 3. The summed E-state index contributed by atoms with van der Waals surface area (Å²) >= 11 is 0. The fourth-order valence-corrected chi connectivity index (χ4v) is 4.15. The van der Waals surface area contributed by atoms with Gasteiger partial charge in [0.25, 0.3) is 0 Å². The van der Waals surface area contributed by atoms with Crippen molar-refractivity contribution in [2.75, 3.05) is 38.2 Å². The number of hydrogen-bond donors (Lipinski definition) is 1. The number of sulfone groups is 1. The highest BCUT2D eigenvalue weighted by atomic mass is 127.